The Morgan fingerprint density at radius 2 is 1.76 bits per heavy atom. The van der Waals surface area contributed by atoms with Gasteiger partial charge in [-0.2, -0.15) is 0 Å². The maximum atomic E-state index is 13.5. The number of hydrogen-bond acceptors (Lipinski definition) is 7. The van der Waals surface area contributed by atoms with Gasteiger partial charge in [0.1, 0.15) is 0 Å². The van der Waals surface area contributed by atoms with Crippen LogP contribution in [-0.2, 0) is 9.53 Å². The van der Waals surface area contributed by atoms with Gasteiger partial charge in [-0.05, 0) is 36.3 Å². The van der Waals surface area contributed by atoms with Crippen LogP contribution in [0.5, 0.6) is 11.5 Å². The van der Waals surface area contributed by atoms with Crippen LogP contribution in [-0.4, -0.2) is 31.9 Å². The van der Waals surface area contributed by atoms with Crippen LogP contribution in [0.3, 0.4) is 0 Å². The molecule has 34 heavy (non-hydrogen) atoms. The fraction of sp³-hybridized carbons (Fsp3) is 0.192. The molecule has 0 unspecified atom stereocenters. The van der Waals surface area contributed by atoms with Crippen molar-refractivity contribution < 1.29 is 19.0 Å². The number of carbonyl (C=O) groups is 1. The molecule has 0 bridgehead atoms. The van der Waals surface area contributed by atoms with Crippen molar-refractivity contribution in [2.24, 2.45) is 4.99 Å². The van der Waals surface area contributed by atoms with Crippen molar-refractivity contribution in [3.8, 4) is 11.5 Å². The van der Waals surface area contributed by atoms with Gasteiger partial charge in [-0.1, -0.05) is 59.9 Å². The zero-order chi connectivity index (χ0) is 24.2. The van der Waals surface area contributed by atoms with E-state index in [0.29, 0.717) is 32.1 Å². The van der Waals surface area contributed by atoms with Crippen molar-refractivity contribution in [1.82, 2.24) is 4.57 Å². The zero-order valence-electron chi connectivity index (χ0n) is 19.3. The van der Waals surface area contributed by atoms with Crippen LogP contribution in [0.25, 0.3) is 12.2 Å². The summed E-state index contributed by atoms with van der Waals surface area (Å²) in [5, 5.41) is 0. The van der Waals surface area contributed by atoms with Gasteiger partial charge in [0.15, 0.2) is 16.3 Å². The Bertz CT molecular complexity index is 1470. The van der Waals surface area contributed by atoms with E-state index in [4.69, 9.17) is 14.2 Å². The molecule has 0 N–H and O–H groups in total. The molecule has 0 saturated carbocycles. The number of ether oxygens (including phenoxy) is 3. The third-order valence-electron chi connectivity index (χ3n) is 5.45. The summed E-state index contributed by atoms with van der Waals surface area (Å²) >= 11 is 1.27. The summed E-state index contributed by atoms with van der Waals surface area (Å²) in [5.41, 5.74) is 2.35. The number of aromatic nitrogens is 1. The minimum Gasteiger partial charge on any atom is -0.493 e. The van der Waals surface area contributed by atoms with E-state index in [1.807, 2.05) is 48.6 Å². The fourth-order valence-electron chi connectivity index (χ4n) is 3.78. The molecule has 0 amide bonds. The molecule has 1 aromatic heterocycles. The molecule has 1 aliphatic heterocycles. The van der Waals surface area contributed by atoms with Crippen LogP contribution in [0.1, 0.15) is 24.1 Å². The third kappa shape index (κ3) is 4.45. The van der Waals surface area contributed by atoms with E-state index in [-0.39, 0.29) is 5.56 Å². The summed E-state index contributed by atoms with van der Waals surface area (Å²) < 4.78 is 17.7. The van der Waals surface area contributed by atoms with Crippen molar-refractivity contribution in [1.29, 1.82) is 0 Å². The van der Waals surface area contributed by atoms with Crippen LogP contribution in [0, 0.1) is 0 Å². The molecule has 0 spiro atoms. The number of esters is 1. The predicted octanol–water partition coefficient (Wildman–Crippen LogP) is 3.09. The van der Waals surface area contributed by atoms with Crippen molar-refractivity contribution in [2.45, 2.75) is 13.0 Å². The van der Waals surface area contributed by atoms with Gasteiger partial charge in [-0.3, -0.25) is 9.36 Å². The maximum Gasteiger partial charge on any atom is 0.338 e. The van der Waals surface area contributed by atoms with Crippen molar-refractivity contribution in [2.75, 3.05) is 21.3 Å². The quantitative estimate of drug-likeness (QED) is 0.511. The summed E-state index contributed by atoms with van der Waals surface area (Å²) in [6.07, 6.45) is 5.50. The van der Waals surface area contributed by atoms with Crippen LogP contribution in [0.15, 0.2) is 75.7 Å². The summed E-state index contributed by atoms with van der Waals surface area (Å²) in [4.78, 5) is 31.2. The Kier molecular flexibility index (Phi) is 6.79. The molecule has 3 aromatic rings. The second-order valence-electron chi connectivity index (χ2n) is 7.50. The van der Waals surface area contributed by atoms with E-state index in [9.17, 15) is 9.59 Å². The van der Waals surface area contributed by atoms with Gasteiger partial charge in [-0.25, -0.2) is 9.79 Å². The monoisotopic (exact) mass is 476 g/mol. The molecule has 2 heterocycles. The molecule has 1 atom stereocenters. The number of thiazole rings is 1. The minimum absolute atomic E-state index is 0.241. The zero-order valence-corrected chi connectivity index (χ0v) is 20.1. The van der Waals surface area contributed by atoms with E-state index in [1.54, 1.807) is 39.4 Å². The average Bonchev–Trinajstić information content (AvgIpc) is 3.16. The molecule has 1 aliphatic rings. The van der Waals surface area contributed by atoms with Crippen LogP contribution >= 0.6 is 11.3 Å². The standard InChI is InChI=1S/C26H24N2O5S/c1-16-23(25(30)33-4)19(12-10-17-8-6-5-7-9-17)28-24(29)22(34-26(28)27-16)15-18-11-13-20(31-2)21(14-18)32-3/h5-15,19H,1-4H3/b12-10+,22-15-/t19-/m0/s1. The number of allylic oxidation sites excluding steroid dienone is 2. The highest BCUT2D eigenvalue weighted by atomic mass is 32.1. The number of carbonyl (C=O) groups excluding carboxylic acids is 1. The Morgan fingerprint density at radius 1 is 1.03 bits per heavy atom. The highest BCUT2D eigenvalue weighted by molar-refractivity contribution is 7.07. The molecular formula is C26H24N2O5S. The van der Waals surface area contributed by atoms with Gasteiger partial charge in [0.05, 0.1) is 43.2 Å². The second kappa shape index (κ2) is 9.93. The SMILES string of the molecule is COC(=O)C1=C(C)N=c2s/c(=C\c3ccc(OC)c(OC)c3)c(=O)n2[C@H]1/C=C/c1ccccc1. The van der Waals surface area contributed by atoms with E-state index >= 15 is 0 Å². The molecule has 4 rings (SSSR count). The lowest BCUT2D eigenvalue weighted by Gasteiger charge is -2.21. The first-order valence-corrected chi connectivity index (χ1v) is 11.3. The Morgan fingerprint density at radius 3 is 2.44 bits per heavy atom. The molecule has 2 aromatic carbocycles. The first kappa shape index (κ1) is 23.3. The summed E-state index contributed by atoms with van der Waals surface area (Å²) in [6.45, 7) is 1.75. The second-order valence-corrected chi connectivity index (χ2v) is 8.51. The number of benzene rings is 2. The number of hydrogen-bond donors (Lipinski definition) is 0. The average molecular weight is 477 g/mol. The first-order chi connectivity index (χ1) is 16.5. The number of rotatable bonds is 6. The van der Waals surface area contributed by atoms with Crippen LogP contribution in [0.2, 0.25) is 0 Å². The first-order valence-electron chi connectivity index (χ1n) is 10.5. The lowest BCUT2D eigenvalue weighted by atomic mass is 10.0. The molecule has 174 valence electrons. The number of nitrogens with zero attached hydrogens (tertiary/aromatic N) is 2. The lowest BCUT2D eigenvalue weighted by molar-refractivity contribution is -0.136. The largest absolute Gasteiger partial charge is 0.493 e. The van der Waals surface area contributed by atoms with E-state index in [2.05, 4.69) is 4.99 Å². The Balaban J connectivity index is 1.86. The predicted molar refractivity (Wildman–Crippen MR) is 132 cm³/mol. The van der Waals surface area contributed by atoms with E-state index in [0.717, 1.165) is 11.1 Å². The molecule has 0 aliphatic carbocycles. The van der Waals surface area contributed by atoms with Gasteiger partial charge < -0.3 is 14.2 Å². The van der Waals surface area contributed by atoms with Crippen molar-refractivity contribution >= 4 is 29.5 Å². The Hall–Kier alpha value is -3.91. The fourth-order valence-corrected chi connectivity index (χ4v) is 4.83. The Labute approximate surface area is 200 Å². The summed E-state index contributed by atoms with van der Waals surface area (Å²) in [7, 11) is 4.45. The van der Waals surface area contributed by atoms with Crippen LogP contribution < -0.4 is 24.4 Å². The minimum atomic E-state index is -0.642. The van der Waals surface area contributed by atoms with Gasteiger partial charge in [0, 0.05) is 0 Å². The van der Waals surface area contributed by atoms with Gasteiger partial charge in [0.2, 0.25) is 0 Å². The highest BCUT2D eigenvalue weighted by Crippen LogP contribution is 2.28. The van der Waals surface area contributed by atoms with Gasteiger partial charge in [-0.15, -0.1) is 0 Å². The molecular weight excluding hydrogens is 452 g/mol. The molecule has 8 heteroatoms. The van der Waals surface area contributed by atoms with Crippen molar-refractivity contribution in [3.05, 3.63) is 96.7 Å². The summed E-state index contributed by atoms with van der Waals surface area (Å²) in [5.74, 6) is 0.653. The van der Waals surface area contributed by atoms with Crippen LogP contribution in [0.4, 0.5) is 0 Å². The highest BCUT2D eigenvalue weighted by Gasteiger charge is 2.30. The lowest BCUT2D eigenvalue weighted by Crippen LogP contribution is -2.38. The topological polar surface area (TPSA) is 79.1 Å². The number of methoxy groups -OCH3 is 3. The molecule has 0 radical (unpaired) electrons. The van der Waals surface area contributed by atoms with Crippen molar-refractivity contribution in [3.63, 3.8) is 0 Å². The smallest absolute Gasteiger partial charge is 0.338 e. The van der Waals surface area contributed by atoms with E-state index < -0.39 is 12.0 Å². The third-order valence-corrected chi connectivity index (χ3v) is 6.43. The molecule has 7 nitrogen and oxygen atoms in total. The maximum absolute atomic E-state index is 13.5. The van der Waals surface area contributed by atoms with E-state index in [1.165, 1.54) is 23.0 Å². The summed E-state index contributed by atoms with van der Waals surface area (Å²) in [6, 6.07) is 14.5. The van der Waals surface area contributed by atoms with Gasteiger partial charge in [0.25, 0.3) is 5.56 Å². The molecule has 0 fully saturated rings. The number of fused-ring (bicyclic) bond motifs is 1. The normalized spacial score (nSPS) is 15.8. The molecule has 0 saturated heterocycles. The van der Waals surface area contributed by atoms with Gasteiger partial charge >= 0.3 is 5.97 Å².